The van der Waals surface area contributed by atoms with Crippen molar-refractivity contribution in [3.8, 4) is 11.3 Å². The van der Waals surface area contributed by atoms with Crippen LogP contribution in [0.1, 0.15) is 18.1 Å². The maximum absolute atomic E-state index is 11.2. The van der Waals surface area contributed by atoms with Crippen LogP contribution in [0.2, 0.25) is 0 Å². The number of carbonyl (C=O) groups is 1. The minimum absolute atomic E-state index is 0.322. The lowest BCUT2D eigenvalue weighted by Gasteiger charge is -2.02. The van der Waals surface area contributed by atoms with Gasteiger partial charge in [0.15, 0.2) is 0 Å². The van der Waals surface area contributed by atoms with Crippen LogP contribution in [-0.2, 0) is 9.53 Å². The Morgan fingerprint density at radius 3 is 2.55 bits per heavy atom. The minimum Gasteiger partial charge on any atom is -0.463 e. The first-order chi connectivity index (χ1) is 9.69. The number of pyridine rings is 1. The van der Waals surface area contributed by atoms with E-state index < -0.39 is 0 Å². The first-order valence-corrected chi connectivity index (χ1v) is 6.57. The smallest absolute Gasteiger partial charge is 0.330 e. The van der Waals surface area contributed by atoms with Crippen LogP contribution in [-0.4, -0.2) is 17.6 Å². The third-order valence-corrected chi connectivity index (χ3v) is 2.82. The molecule has 102 valence electrons. The van der Waals surface area contributed by atoms with Crippen molar-refractivity contribution in [3.63, 3.8) is 0 Å². The predicted molar refractivity (Wildman–Crippen MR) is 80.1 cm³/mol. The first kappa shape index (κ1) is 14.0. The average molecular weight is 267 g/mol. The molecule has 3 nitrogen and oxygen atoms in total. The van der Waals surface area contributed by atoms with E-state index in [0.717, 1.165) is 22.4 Å². The zero-order valence-corrected chi connectivity index (χ0v) is 11.7. The van der Waals surface area contributed by atoms with Crippen LogP contribution in [0, 0.1) is 6.92 Å². The van der Waals surface area contributed by atoms with Gasteiger partial charge in [-0.15, -0.1) is 0 Å². The zero-order valence-electron chi connectivity index (χ0n) is 11.7. The summed E-state index contributed by atoms with van der Waals surface area (Å²) in [6.07, 6.45) is 5.02. The summed E-state index contributed by atoms with van der Waals surface area (Å²) >= 11 is 0. The molecule has 0 radical (unpaired) electrons. The Labute approximate surface area is 118 Å². The minimum atomic E-state index is -0.322. The molecule has 0 aliphatic heterocycles. The van der Waals surface area contributed by atoms with Crippen LogP contribution in [0.3, 0.4) is 0 Å². The van der Waals surface area contributed by atoms with Crippen molar-refractivity contribution in [1.82, 2.24) is 4.98 Å². The number of esters is 1. The third kappa shape index (κ3) is 3.79. The van der Waals surface area contributed by atoms with Crippen molar-refractivity contribution in [2.24, 2.45) is 0 Å². The Balaban J connectivity index is 2.10. The van der Waals surface area contributed by atoms with Gasteiger partial charge in [0.25, 0.3) is 0 Å². The molecule has 0 saturated heterocycles. The molecule has 1 aromatic carbocycles. The van der Waals surface area contributed by atoms with Crippen molar-refractivity contribution >= 4 is 12.0 Å². The fourth-order valence-electron chi connectivity index (χ4n) is 1.76. The van der Waals surface area contributed by atoms with Crippen molar-refractivity contribution in [3.05, 3.63) is 59.8 Å². The molecule has 2 rings (SSSR count). The highest BCUT2D eigenvalue weighted by Gasteiger charge is 1.99. The van der Waals surface area contributed by atoms with E-state index in [0.29, 0.717) is 6.61 Å². The number of hydrogen-bond acceptors (Lipinski definition) is 3. The molecule has 1 heterocycles. The van der Waals surface area contributed by atoms with Crippen LogP contribution in [0.5, 0.6) is 0 Å². The second kappa shape index (κ2) is 6.66. The normalized spacial score (nSPS) is 10.7. The summed E-state index contributed by atoms with van der Waals surface area (Å²) in [5.41, 5.74) is 4.09. The summed E-state index contributed by atoms with van der Waals surface area (Å²) in [4.78, 5) is 15.6. The molecule has 0 spiro atoms. The molecule has 0 unspecified atom stereocenters. The summed E-state index contributed by atoms with van der Waals surface area (Å²) in [7, 11) is 0. The lowest BCUT2D eigenvalue weighted by atomic mass is 10.1. The second-order valence-corrected chi connectivity index (χ2v) is 4.43. The van der Waals surface area contributed by atoms with Gasteiger partial charge in [0.2, 0.25) is 0 Å². The lowest BCUT2D eigenvalue weighted by molar-refractivity contribution is -0.137. The third-order valence-electron chi connectivity index (χ3n) is 2.82. The summed E-state index contributed by atoms with van der Waals surface area (Å²) in [6, 6.07) is 11.9. The molecule has 0 atom stereocenters. The summed E-state index contributed by atoms with van der Waals surface area (Å²) in [5, 5.41) is 0. The SMILES string of the molecule is CCOC(=O)C=Cc1ccc(-c2ccc(C)cn2)cc1. The molecule has 0 aliphatic carbocycles. The highest BCUT2D eigenvalue weighted by molar-refractivity contribution is 5.87. The van der Waals surface area contributed by atoms with Crippen LogP contribution in [0.4, 0.5) is 0 Å². The van der Waals surface area contributed by atoms with Crippen LogP contribution in [0.25, 0.3) is 17.3 Å². The Hall–Kier alpha value is -2.42. The van der Waals surface area contributed by atoms with Crippen LogP contribution >= 0.6 is 0 Å². The number of rotatable bonds is 4. The molecular weight excluding hydrogens is 250 g/mol. The van der Waals surface area contributed by atoms with Gasteiger partial charge in [-0.25, -0.2) is 4.79 Å². The van der Waals surface area contributed by atoms with Gasteiger partial charge in [0, 0.05) is 17.8 Å². The molecule has 0 aliphatic rings. The quantitative estimate of drug-likeness (QED) is 0.627. The fourth-order valence-corrected chi connectivity index (χ4v) is 1.76. The maximum Gasteiger partial charge on any atom is 0.330 e. The number of hydrogen-bond donors (Lipinski definition) is 0. The molecule has 20 heavy (non-hydrogen) atoms. The van der Waals surface area contributed by atoms with Gasteiger partial charge >= 0.3 is 5.97 Å². The van der Waals surface area contributed by atoms with E-state index in [-0.39, 0.29) is 5.97 Å². The Kier molecular flexibility index (Phi) is 4.66. The first-order valence-electron chi connectivity index (χ1n) is 6.57. The van der Waals surface area contributed by atoms with E-state index >= 15 is 0 Å². The van der Waals surface area contributed by atoms with Gasteiger partial charge in [-0.1, -0.05) is 30.3 Å². The zero-order chi connectivity index (χ0) is 14.4. The van der Waals surface area contributed by atoms with E-state index in [9.17, 15) is 4.79 Å². The number of aromatic nitrogens is 1. The van der Waals surface area contributed by atoms with E-state index in [1.807, 2.05) is 49.5 Å². The second-order valence-electron chi connectivity index (χ2n) is 4.43. The number of aryl methyl sites for hydroxylation is 1. The molecular formula is C17H17NO2. The summed E-state index contributed by atoms with van der Waals surface area (Å²) in [5.74, 6) is -0.322. The summed E-state index contributed by atoms with van der Waals surface area (Å²) < 4.78 is 4.83. The largest absolute Gasteiger partial charge is 0.463 e. The van der Waals surface area contributed by atoms with E-state index in [2.05, 4.69) is 4.98 Å². The Bertz CT molecular complexity index is 598. The van der Waals surface area contributed by atoms with Gasteiger partial charge in [-0.05, 0) is 37.1 Å². The maximum atomic E-state index is 11.2. The van der Waals surface area contributed by atoms with Crippen molar-refractivity contribution in [2.45, 2.75) is 13.8 Å². The van der Waals surface area contributed by atoms with Gasteiger partial charge in [0.1, 0.15) is 0 Å². The molecule has 0 fully saturated rings. The highest BCUT2D eigenvalue weighted by atomic mass is 16.5. The van der Waals surface area contributed by atoms with Gasteiger partial charge in [0.05, 0.1) is 12.3 Å². The van der Waals surface area contributed by atoms with Crippen molar-refractivity contribution in [2.75, 3.05) is 6.61 Å². The van der Waals surface area contributed by atoms with Crippen LogP contribution < -0.4 is 0 Å². The van der Waals surface area contributed by atoms with Gasteiger partial charge < -0.3 is 4.74 Å². The molecule has 3 heteroatoms. The number of benzene rings is 1. The summed E-state index contributed by atoms with van der Waals surface area (Å²) in [6.45, 7) is 4.19. The number of carbonyl (C=O) groups excluding carboxylic acids is 1. The van der Waals surface area contributed by atoms with Crippen LogP contribution in [0.15, 0.2) is 48.7 Å². The molecule has 1 aromatic heterocycles. The van der Waals surface area contributed by atoms with E-state index in [1.165, 1.54) is 6.08 Å². The number of ether oxygens (including phenoxy) is 1. The molecule has 0 bridgehead atoms. The van der Waals surface area contributed by atoms with E-state index in [1.54, 1.807) is 13.0 Å². The standard InChI is InChI=1S/C17H17NO2/c1-3-20-17(19)11-7-14-5-8-15(9-6-14)16-10-4-13(2)12-18-16/h4-12H,3H2,1-2H3. The molecule has 2 aromatic rings. The molecule has 0 amide bonds. The highest BCUT2D eigenvalue weighted by Crippen LogP contribution is 2.18. The van der Waals surface area contributed by atoms with Gasteiger partial charge in [-0.2, -0.15) is 0 Å². The van der Waals surface area contributed by atoms with Gasteiger partial charge in [-0.3, -0.25) is 4.98 Å². The molecule has 0 saturated carbocycles. The van der Waals surface area contributed by atoms with Crippen molar-refractivity contribution in [1.29, 1.82) is 0 Å². The predicted octanol–water partition coefficient (Wildman–Crippen LogP) is 3.63. The average Bonchev–Trinajstić information content (AvgIpc) is 2.47. The van der Waals surface area contributed by atoms with Crippen molar-refractivity contribution < 1.29 is 9.53 Å². The monoisotopic (exact) mass is 267 g/mol. The topological polar surface area (TPSA) is 39.2 Å². The fraction of sp³-hybridized carbons (Fsp3) is 0.176. The van der Waals surface area contributed by atoms with E-state index in [4.69, 9.17) is 4.74 Å². The molecule has 0 N–H and O–H groups in total. The lowest BCUT2D eigenvalue weighted by Crippen LogP contribution is -1.98. The Morgan fingerprint density at radius 2 is 1.95 bits per heavy atom. The number of nitrogens with zero attached hydrogens (tertiary/aromatic N) is 1. The Morgan fingerprint density at radius 1 is 1.20 bits per heavy atom.